The minimum Gasteiger partial charge on any atom is -0.394 e. The van der Waals surface area contributed by atoms with Crippen molar-refractivity contribution < 1.29 is 4.39 Å². The van der Waals surface area contributed by atoms with E-state index in [-0.39, 0.29) is 11.9 Å². The number of nitrogen functional groups attached to an aromatic ring is 1. The zero-order chi connectivity index (χ0) is 14.0. The minimum absolute atomic E-state index is 0.177. The third-order valence-corrected chi connectivity index (χ3v) is 3.22. The Morgan fingerprint density at radius 3 is 2.68 bits per heavy atom. The Balaban J connectivity index is 2.27. The molecule has 0 bridgehead atoms. The lowest BCUT2D eigenvalue weighted by Gasteiger charge is -2.16. The van der Waals surface area contributed by atoms with Gasteiger partial charge in [-0.15, -0.1) is 0 Å². The van der Waals surface area contributed by atoms with Crippen LogP contribution in [-0.4, -0.2) is 9.78 Å². The van der Waals surface area contributed by atoms with Gasteiger partial charge in [0.25, 0.3) is 0 Å². The van der Waals surface area contributed by atoms with E-state index in [2.05, 4.69) is 10.4 Å². The van der Waals surface area contributed by atoms with E-state index in [0.717, 1.165) is 17.9 Å². The summed E-state index contributed by atoms with van der Waals surface area (Å²) in [6.45, 7) is 3.90. The molecule has 0 fully saturated rings. The van der Waals surface area contributed by atoms with Crippen molar-refractivity contribution in [3.63, 3.8) is 0 Å². The summed E-state index contributed by atoms with van der Waals surface area (Å²) >= 11 is 0. The van der Waals surface area contributed by atoms with Crippen LogP contribution in [0.2, 0.25) is 0 Å². The number of aromatic nitrogens is 2. The van der Waals surface area contributed by atoms with Crippen LogP contribution in [0.3, 0.4) is 0 Å². The summed E-state index contributed by atoms with van der Waals surface area (Å²) in [5.41, 5.74) is 8.14. The molecule has 0 aliphatic heterocycles. The maximum absolute atomic E-state index is 13.7. The molecule has 1 aromatic carbocycles. The van der Waals surface area contributed by atoms with E-state index in [1.54, 1.807) is 16.8 Å². The van der Waals surface area contributed by atoms with Gasteiger partial charge in [-0.25, -0.2) is 4.39 Å². The second-order valence-electron chi connectivity index (χ2n) is 4.57. The highest BCUT2D eigenvalue weighted by atomic mass is 19.1. The number of nitrogens with two attached hydrogens (primary N) is 1. The normalized spacial score (nSPS) is 12.4. The van der Waals surface area contributed by atoms with E-state index in [9.17, 15) is 4.39 Å². The van der Waals surface area contributed by atoms with Gasteiger partial charge in [0.05, 0.1) is 17.4 Å². The predicted octanol–water partition coefficient (Wildman–Crippen LogP) is 2.88. The van der Waals surface area contributed by atoms with Gasteiger partial charge in [0.2, 0.25) is 0 Å². The Hall–Kier alpha value is -2.04. The lowest BCUT2D eigenvalue weighted by atomic mass is 10.1. The van der Waals surface area contributed by atoms with Gasteiger partial charge in [-0.3, -0.25) is 4.68 Å². The highest BCUT2D eigenvalue weighted by molar-refractivity contribution is 5.65. The Morgan fingerprint density at radius 1 is 1.42 bits per heavy atom. The van der Waals surface area contributed by atoms with Crippen molar-refractivity contribution in [2.24, 2.45) is 7.05 Å². The van der Waals surface area contributed by atoms with E-state index in [1.807, 2.05) is 27.0 Å². The fraction of sp³-hybridized carbons (Fsp3) is 0.357. The first kappa shape index (κ1) is 13.4. The van der Waals surface area contributed by atoms with E-state index in [0.29, 0.717) is 11.3 Å². The Kier molecular flexibility index (Phi) is 3.74. The monoisotopic (exact) mass is 262 g/mol. The molecule has 19 heavy (non-hydrogen) atoms. The van der Waals surface area contributed by atoms with Gasteiger partial charge in [0, 0.05) is 12.6 Å². The quantitative estimate of drug-likeness (QED) is 0.890. The molecule has 0 radical (unpaired) electrons. The smallest absolute Gasteiger partial charge is 0.148 e. The number of nitrogens with one attached hydrogen (secondary N) is 1. The van der Waals surface area contributed by atoms with Gasteiger partial charge in [-0.1, -0.05) is 25.1 Å². The van der Waals surface area contributed by atoms with E-state index in [1.165, 1.54) is 6.07 Å². The van der Waals surface area contributed by atoms with Gasteiger partial charge in [-0.05, 0) is 19.4 Å². The second kappa shape index (κ2) is 5.30. The van der Waals surface area contributed by atoms with Gasteiger partial charge in [0.1, 0.15) is 11.6 Å². The molecule has 1 aromatic heterocycles. The van der Waals surface area contributed by atoms with E-state index < -0.39 is 0 Å². The summed E-state index contributed by atoms with van der Waals surface area (Å²) in [7, 11) is 1.83. The van der Waals surface area contributed by atoms with Crippen molar-refractivity contribution in [2.75, 3.05) is 11.1 Å². The van der Waals surface area contributed by atoms with Crippen molar-refractivity contribution >= 4 is 11.5 Å². The van der Waals surface area contributed by atoms with Crippen LogP contribution in [0, 0.1) is 5.82 Å². The van der Waals surface area contributed by atoms with Crippen LogP contribution in [0.25, 0.3) is 0 Å². The summed E-state index contributed by atoms with van der Waals surface area (Å²) in [4.78, 5) is 0. The SMILES string of the molecule is CCc1nn(C)c(NC(C)c2ccccc2F)c1N. The van der Waals surface area contributed by atoms with Crippen LogP contribution < -0.4 is 11.1 Å². The van der Waals surface area contributed by atoms with E-state index in [4.69, 9.17) is 5.73 Å². The van der Waals surface area contributed by atoms with Crippen molar-refractivity contribution in [3.05, 3.63) is 41.3 Å². The summed E-state index contributed by atoms with van der Waals surface area (Å²) in [6, 6.07) is 6.54. The standard InChI is InChI=1S/C14H19FN4/c1-4-12-13(16)14(19(3)18-12)17-9(2)10-7-5-6-8-11(10)15/h5-9,17H,4,16H2,1-3H3. The van der Waals surface area contributed by atoms with Gasteiger partial charge >= 0.3 is 0 Å². The molecule has 0 aliphatic rings. The topological polar surface area (TPSA) is 55.9 Å². The highest BCUT2D eigenvalue weighted by Gasteiger charge is 2.16. The van der Waals surface area contributed by atoms with Crippen LogP contribution >= 0.6 is 0 Å². The third-order valence-electron chi connectivity index (χ3n) is 3.22. The number of aryl methyl sites for hydroxylation is 2. The fourth-order valence-electron chi connectivity index (χ4n) is 2.14. The summed E-state index contributed by atoms with van der Waals surface area (Å²) in [5.74, 6) is 0.506. The number of benzene rings is 1. The molecule has 0 amide bonds. The molecule has 102 valence electrons. The van der Waals surface area contributed by atoms with Crippen LogP contribution in [0.5, 0.6) is 0 Å². The molecule has 0 saturated carbocycles. The zero-order valence-corrected chi connectivity index (χ0v) is 11.4. The Morgan fingerprint density at radius 2 is 2.11 bits per heavy atom. The first-order valence-corrected chi connectivity index (χ1v) is 6.36. The first-order chi connectivity index (χ1) is 9.04. The van der Waals surface area contributed by atoms with Crippen molar-refractivity contribution in [1.29, 1.82) is 0 Å². The molecule has 2 aromatic rings. The average molecular weight is 262 g/mol. The molecule has 4 nitrogen and oxygen atoms in total. The molecule has 1 atom stereocenters. The molecule has 2 rings (SSSR count). The zero-order valence-electron chi connectivity index (χ0n) is 11.4. The number of anilines is 2. The molecule has 0 saturated heterocycles. The molecular weight excluding hydrogens is 243 g/mol. The van der Waals surface area contributed by atoms with Crippen LogP contribution in [0.1, 0.15) is 31.1 Å². The second-order valence-corrected chi connectivity index (χ2v) is 4.57. The summed E-state index contributed by atoms with van der Waals surface area (Å²) in [5, 5.41) is 7.56. The van der Waals surface area contributed by atoms with Crippen LogP contribution in [-0.2, 0) is 13.5 Å². The molecule has 0 aliphatic carbocycles. The maximum Gasteiger partial charge on any atom is 0.148 e. The maximum atomic E-state index is 13.7. The number of halogens is 1. The van der Waals surface area contributed by atoms with Crippen molar-refractivity contribution in [1.82, 2.24) is 9.78 Å². The molecule has 5 heteroatoms. The fourth-order valence-corrected chi connectivity index (χ4v) is 2.14. The number of hydrogen-bond donors (Lipinski definition) is 2. The third kappa shape index (κ3) is 2.54. The molecule has 1 heterocycles. The molecule has 0 spiro atoms. The number of hydrogen-bond acceptors (Lipinski definition) is 3. The molecular formula is C14H19FN4. The van der Waals surface area contributed by atoms with E-state index >= 15 is 0 Å². The lowest BCUT2D eigenvalue weighted by Crippen LogP contribution is -2.12. The largest absolute Gasteiger partial charge is 0.394 e. The van der Waals surface area contributed by atoms with Crippen LogP contribution in [0.15, 0.2) is 24.3 Å². The van der Waals surface area contributed by atoms with Crippen molar-refractivity contribution in [2.45, 2.75) is 26.3 Å². The summed E-state index contributed by atoms with van der Waals surface area (Å²) in [6.07, 6.45) is 0.773. The first-order valence-electron chi connectivity index (χ1n) is 6.36. The molecule has 3 N–H and O–H groups in total. The van der Waals surface area contributed by atoms with Gasteiger partial charge in [0.15, 0.2) is 0 Å². The highest BCUT2D eigenvalue weighted by Crippen LogP contribution is 2.27. The van der Waals surface area contributed by atoms with Crippen LogP contribution in [0.4, 0.5) is 15.9 Å². The van der Waals surface area contributed by atoms with Crippen molar-refractivity contribution in [3.8, 4) is 0 Å². The van der Waals surface area contributed by atoms with Gasteiger partial charge < -0.3 is 11.1 Å². The predicted molar refractivity (Wildman–Crippen MR) is 75.4 cm³/mol. The summed E-state index contributed by atoms with van der Waals surface area (Å²) < 4.78 is 15.4. The Labute approximate surface area is 112 Å². The Bertz CT molecular complexity index is 577. The average Bonchev–Trinajstić information content (AvgIpc) is 2.66. The van der Waals surface area contributed by atoms with Gasteiger partial charge in [-0.2, -0.15) is 5.10 Å². The lowest BCUT2D eigenvalue weighted by molar-refractivity contribution is 0.598. The number of nitrogens with zero attached hydrogens (tertiary/aromatic N) is 2. The number of rotatable bonds is 4. The molecule has 1 unspecified atom stereocenters. The minimum atomic E-state index is -0.223.